The number of ether oxygens (including phenoxy) is 1. The Labute approximate surface area is 231 Å². The van der Waals surface area contributed by atoms with Crippen LogP contribution in [-0.4, -0.2) is 76.4 Å². The summed E-state index contributed by atoms with van der Waals surface area (Å²) >= 11 is 1.70. The van der Waals surface area contributed by atoms with Gasteiger partial charge in [0.1, 0.15) is 17.4 Å². The monoisotopic (exact) mass is 561 g/mol. The van der Waals surface area contributed by atoms with Crippen molar-refractivity contribution in [2.45, 2.75) is 37.5 Å². The van der Waals surface area contributed by atoms with E-state index < -0.39 is 11.9 Å². The molecule has 2 aromatic carbocycles. The van der Waals surface area contributed by atoms with Gasteiger partial charge >= 0.3 is 11.9 Å². The molecule has 0 aliphatic carbocycles. The van der Waals surface area contributed by atoms with E-state index >= 15 is 0 Å². The highest BCUT2D eigenvalue weighted by Gasteiger charge is 2.26. The largest absolute Gasteiger partial charge is 0.494 e. The van der Waals surface area contributed by atoms with Crippen LogP contribution >= 0.6 is 11.8 Å². The Morgan fingerprint density at radius 3 is 2.33 bits per heavy atom. The van der Waals surface area contributed by atoms with Crippen molar-refractivity contribution in [2.24, 2.45) is 4.99 Å². The average Bonchev–Trinajstić information content (AvgIpc) is 2.93. The fourth-order valence-corrected chi connectivity index (χ4v) is 5.26. The molecule has 0 radical (unpaired) electrons. The second kappa shape index (κ2) is 15.2. The van der Waals surface area contributed by atoms with Gasteiger partial charge in [-0.1, -0.05) is 11.8 Å². The lowest BCUT2D eigenvalue weighted by atomic mass is 10.0. The van der Waals surface area contributed by atoms with Crippen molar-refractivity contribution >= 4 is 34.6 Å². The minimum atomic E-state index is -1.26. The molecule has 2 heterocycles. The van der Waals surface area contributed by atoms with Crippen molar-refractivity contribution in [3.05, 3.63) is 71.8 Å². The lowest BCUT2D eigenvalue weighted by Crippen LogP contribution is -2.45. The van der Waals surface area contributed by atoms with Gasteiger partial charge < -0.3 is 24.7 Å². The van der Waals surface area contributed by atoms with Gasteiger partial charge in [0.25, 0.3) is 0 Å². The van der Waals surface area contributed by atoms with E-state index in [9.17, 15) is 18.4 Å². The van der Waals surface area contributed by atoms with E-state index in [0.29, 0.717) is 24.8 Å². The second-order valence-electron chi connectivity index (χ2n) is 9.16. The van der Waals surface area contributed by atoms with Crippen molar-refractivity contribution in [1.82, 2.24) is 9.80 Å². The lowest BCUT2D eigenvalue weighted by molar-refractivity contribution is -0.134. The van der Waals surface area contributed by atoms with Crippen LogP contribution in [0.3, 0.4) is 0 Å². The molecule has 210 valence electrons. The number of hydrogen-bond donors (Lipinski definition) is 2. The first kappa shape index (κ1) is 30.1. The molecule has 0 amide bonds. The van der Waals surface area contributed by atoms with E-state index in [1.165, 1.54) is 18.2 Å². The van der Waals surface area contributed by atoms with Crippen molar-refractivity contribution in [2.75, 3.05) is 33.3 Å². The number of thioether (sulfide) groups is 1. The van der Waals surface area contributed by atoms with Gasteiger partial charge in [-0.3, -0.25) is 0 Å². The molecule has 0 unspecified atom stereocenters. The van der Waals surface area contributed by atoms with E-state index in [0.717, 1.165) is 73.2 Å². The van der Waals surface area contributed by atoms with Gasteiger partial charge in [-0.25, -0.2) is 23.4 Å². The fraction of sp³-hybridized carbons (Fsp3) is 0.393. The number of carboxylic acid groups (broad SMARTS) is 2. The second-order valence-corrected chi connectivity index (χ2v) is 10.1. The van der Waals surface area contributed by atoms with Gasteiger partial charge in [0.05, 0.1) is 12.3 Å². The summed E-state index contributed by atoms with van der Waals surface area (Å²) < 4.78 is 32.0. The summed E-state index contributed by atoms with van der Waals surface area (Å²) in [5.41, 5.74) is 1.86. The lowest BCUT2D eigenvalue weighted by Gasteiger charge is -2.38. The molecule has 0 spiro atoms. The minimum Gasteiger partial charge on any atom is -0.494 e. The van der Waals surface area contributed by atoms with Crippen molar-refractivity contribution in [3.63, 3.8) is 0 Å². The summed E-state index contributed by atoms with van der Waals surface area (Å²) in [6, 6.07) is 11.5. The highest BCUT2D eigenvalue weighted by Crippen LogP contribution is 2.33. The number of amidine groups is 1. The Morgan fingerprint density at radius 1 is 1.05 bits per heavy atom. The van der Waals surface area contributed by atoms with Gasteiger partial charge in [-0.05, 0) is 80.3 Å². The number of likely N-dealkylation sites (tertiary alicyclic amines) is 1. The molecular formula is C28H33F2N3O5S. The third-order valence-electron chi connectivity index (χ3n) is 6.34. The Kier molecular flexibility index (Phi) is 11.8. The van der Waals surface area contributed by atoms with Crippen molar-refractivity contribution < 1.29 is 33.3 Å². The van der Waals surface area contributed by atoms with Gasteiger partial charge in [0, 0.05) is 44.1 Å². The molecule has 0 saturated carbocycles. The van der Waals surface area contributed by atoms with Crippen LogP contribution in [0.1, 0.15) is 31.2 Å². The molecule has 2 aliphatic rings. The molecule has 0 atom stereocenters. The average molecular weight is 562 g/mol. The molecule has 1 saturated heterocycles. The van der Waals surface area contributed by atoms with Crippen LogP contribution < -0.4 is 4.74 Å². The zero-order valence-corrected chi connectivity index (χ0v) is 22.6. The molecule has 11 heteroatoms. The predicted molar refractivity (Wildman–Crippen MR) is 148 cm³/mol. The standard InChI is InChI=1S/C24H29F2N3OS.C4H4O4/c1-28(24-27-23-9-6-20(26)16-18(23)17-31-24)21-10-13-29(14-11-21)12-2-3-15-30-22-7-4-19(25)5-8-22;5-3(6)1-2-4(7)8/h4-9,16,21H,2-3,10-15,17H2,1H3;1-2H,(H,5,6)(H,7,8). The number of halogens is 2. The van der Waals surface area contributed by atoms with E-state index in [1.807, 2.05) is 0 Å². The van der Waals surface area contributed by atoms with E-state index in [2.05, 4.69) is 16.8 Å². The number of rotatable bonds is 9. The molecule has 2 aliphatic heterocycles. The number of unbranched alkanes of at least 4 members (excludes halogenated alkanes) is 1. The summed E-state index contributed by atoms with van der Waals surface area (Å²) in [6.07, 6.45) is 5.45. The first-order valence-electron chi connectivity index (χ1n) is 12.7. The Bertz CT molecular complexity index is 1150. The van der Waals surface area contributed by atoms with Crippen LogP contribution in [0.15, 0.2) is 59.6 Å². The Balaban J connectivity index is 0.000000459. The van der Waals surface area contributed by atoms with Gasteiger partial charge in [-0.15, -0.1) is 0 Å². The quantitative estimate of drug-likeness (QED) is 0.320. The third kappa shape index (κ3) is 10.3. The Hall–Kier alpha value is -3.44. The van der Waals surface area contributed by atoms with Gasteiger partial charge in [0.2, 0.25) is 0 Å². The number of fused-ring (bicyclic) bond motifs is 1. The normalized spacial score (nSPS) is 15.6. The molecule has 2 aromatic rings. The first-order chi connectivity index (χ1) is 18.7. The topological polar surface area (TPSA) is 103 Å². The summed E-state index contributed by atoms with van der Waals surface area (Å²) in [4.78, 5) is 28.7. The number of nitrogens with zero attached hydrogens (tertiary/aromatic N) is 3. The van der Waals surface area contributed by atoms with E-state index in [-0.39, 0.29) is 11.6 Å². The molecule has 1 fully saturated rings. The van der Waals surface area contributed by atoms with Gasteiger partial charge in [0.15, 0.2) is 5.17 Å². The maximum Gasteiger partial charge on any atom is 0.328 e. The SMILES string of the molecule is CN(C1=Nc2ccc(F)cc2CS1)C1CCN(CCCCOc2ccc(F)cc2)CC1.O=C(O)C=CC(=O)O. The van der Waals surface area contributed by atoms with E-state index in [4.69, 9.17) is 19.9 Å². The number of aliphatic imine (C=N–C) groups is 1. The van der Waals surface area contributed by atoms with Gasteiger partial charge in [-0.2, -0.15) is 0 Å². The summed E-state index contributed by atoms with van der Waals surface area (Å²) in [5.74, 6) is -1.45. The molecule has 39 heavy (non-hydrogen) atoms. The minimum absolute atomic E-state index is 0.194. The first-order valence-corrected chi connectivity index (χ1v) is 13.7. The highest BCUT2D eigenvalue weighted by molar-refractivity contribution is 8.13. The summed E-state index contributed by atoms with van der Waals surface area (Å²) in [5, 5.41) is 16.7. The number of carbonyl (C=O) groups is 2. The van der Waals surface area contributed by atoms with Crippen LogP contribution in [0, 0.1) is 11.6 Å². The van der Waals surface area contributed by atoms with Crippen molar-refractivity contribution in [1.29, 1.82) is 0 Å². The molecule has 0 aromatic heterocycles. The number of hydrogen-bond acceptors (Lipinski definition) is 7. The predicted octanol–water partition coefficient (Wildman–Crippen LogP) is 5.17. The molecule has 4 rings (SSSR count). The number of carboxylic acids is 2. The van der Waals surface area contributed by atoms with Crippen LogP contribution in [0.5, 0.6) is 5.75 Å². The van der Waals surface area contributed by atoms with Crippen LogP contribution in [0.4, 0.5) is 14.5 Å². The molecular weight excluding hydrogens is 528 g/mol. The summed E-state index contributed by atoms with van der Waals surface area (Å²) in [7, 11) is 2.13. The fourth-order valence-electron chi connectivity index (χ4n) is 4.22. The van der Waals surface area contributed by atoms with Crippen LogP contribution in [-0.2, 0) is 15.3 Å². The summed E-state index contributed by atoms with van der Waals surface area (Å²) in [6.45, 7) is 3.92. The molecule has 8 nitrogen and oxygen atoms in total. The molecule has 2 N–H and O–H groups in total. The van der Waals surface area contributed by atoms with Crippen LogP contribution in [0.25, 0.3) is 0 Å². The molecule has 0 bridgehead atoms. The Morgan fingerprint density at radius 2 is 1.69 bits per heavy atom. The van der Waals surface area contributed by atoms with E-state index in [1.54, 1.807) is 36.0 Å². The highest BCUT2D eigenvalue weighted by atomic mass is 32.2. The zero-order chi connectivity index (χ0) is 28.2. The maximum absolute atomic E-state index is 13.4. The maximum atomic E-state index is 13.4. The number of aliphatic carboxylic acids is 2. The van der Waals surface area contributed by atoms with Crippen LogP contribution in [0.2, 0.25) is 0 Å². The smallest absolute Gasteiger partial charge is 0.328 e. The number of piperidine rings is 1. The van der Waals surface area contributed by atoms with Crippen molar-refractivity contribution in [3.8, 4) is 5.75 Å². The number of benzene rings is 2. The third-order valence-corrected chi connectivity index (χ3v) is 7.43. The zero-order valence-electron chi connectivity index (χ0n) is 21.8.